The topological polar surface area (TPSA) is 109 Å². The first-order valence-corrected chi connectivity index (χ1v) is 11.6. The van der Waals surface area contributed by atoms with Crippen LogP contribution in [0.3, 0.4) is 0 Å². The van der Waals surface area contributed by atoms with Gasteiger partial charge >= 0.3 is 0 Å². The van der Waals surface area contributed by atoms with Gasteiger partial charge in [-0.1, -0.05) is 0 Å². The molecule has 2 N–H and O–H groups in total. The van der Waals surface area contributed by atoms with E-state index in [1.54, 1.807) is 11.3 Å². The number of rotatable bonds is 4. The molecule has 140 valence electrons. The minimum absolute atomic E-state index is 0.0144. The fourth-order valence-corrected chi connectivity index (χ4v) is 6.72. The Morgan fingerprint density at radius 3 is 2.88 bits per heavy atom. The van der Waals surface area contributed by atoms with Crippen molar-refractivity contribution >= 4 is 37.3 Å². The number of nitrogens with one attached hydrogen (secondary N) is 2. The molecule has 0 aromatic carbocycles. The number of carbonyl (C=O) groups excluding carboxylic acids is 1. The lowest BCUT2D eigenvalue weighted by Gasteiger charge is -2.10. The molecule has 3 heterocycles. The maximum Gasteiger partial charge on any atom is 0.259 e. The summed E-state index contributed by atoms with van der Waals surface area (Å²) < 4.78 is 22.9. The van der Waals surface area contributed by atoms with E-state index >= 15 is 0 Å². The van der Waals surface area contributed by atoms with Crippen molar-refractivity contribution in [2.24, 2.45) is 0 Å². The number of aromatic amines is 1. The summed E-state index contributed by atoms with van der Waals surface area (Å²) in [5.41, 5.74) is 1.03. The molecule has 1 atom stereocenters. The van der Waals surface area contributed by atoms with Gasteiger partial charge in [-0.05, 0) is 37.7 Å². The number of nitrogens with zero attached hydrogens (tertiary/aromatic N) is 1. The van der Waals surface area contributed by atoms with Crippen LogP contribution in [0, 0.1) is 0 Å². The number of hydrogen-bond donors (Lipinski definition) is 2. The number of carbonyl (C=O) groups is 1. The Morgan fingerprint density at radius 2 is 2.12 bits per heavy atom. The van der Waals surface area contributed by atoms with Crippen molar-refractivity contribution in [3.05, 3.63) is 26.6 Å². The van der Waals surface area contributed by atoms with E-state index in [1.165, 1.54) is 4.88 Å². The van der Waals surface area contributed by atoms with Crippen LogP contribution in [0.4, 0.5) is 0 Å². The molecule has 2 aliphatic rings. The number of thiophene rings is 1. The normalized spacial score (nSPS) is 21.6. The van der Waals surface area contributed by atoms with Crippen molar-refractivity contribution < 1.29 is 13.2 Å². The molecule has 9 heteroatoms. The molecule has 1 amide bonds. The maximum atomic E-state index is 12.5. The highest BCUT2D eigenvalue weighted by Gasteiger charge is 2.28. The largest absolute Gasteiger partial charge is 0.352 e. The lowest BCUT2D eigenvalue weighted by atomic mass is 9.97. The molecular formula is C17H21N3O4S2. The van der Waals surface area contributed by atoms with Crippen LogP contribution in [-0.4, -0.2) is 41.8 Å². The van der Waals surface area contributed by atoms with Gasteiger partial charge < -0.3 is 10.3 Å². The lowest BCUT2D eigenvalue weighted by molar-refractivity contribution is -0.121. The van der Waals surface area contributed by atoms with E-state index in [0.29, 0.717) is 24.1 Å². The van der Waals surface area contributed by atoms with E-state index in [9.17, 15) is 18.0 Å². The molecule has 7 nitrogen and oxygen atoms in total. The first-order chi connectivity index (χ1) is 12.4. The maximum absolute atomic E-state index is 12.5. The molecule has 1 aliphatic carbocycles. The second-order valence-electron chi connectivity index (χ2n) is 7.07. The Labute approximate surface area is 155 Å². The summed E-state index contributed by atoms with van der Waals surface area (Å²) in [5, 5.41) is 3.48. The van der Waals surface area contributed by atoms with E-state index in [4.69, 9.17) is 0 Å². The van der Waals surface area contributed by atoms with Crippen molar-refractivity contribution in [2.45, 2.75) is 51.0 Å². The van der Waals surface area contributed by atoms with Gasteiger partial charge in [-0.25, -0.2) is 13.4 Å². The van der Waals surface area contributed by atoms with Gasteiger partial charge in [0.1, 0.15) is 10.7 Å². The number of H-pyrrole nitrogens is 1. The predicted octanol–water partition coefficient (Wildman–Crippen LogP) is 1.10. The summed E-state index contributed by atoms with van der Waals surface area (Å²) in [4.78, 5) is 33.9. The number of fused-ring (bicyclic) bond motifs is 3. The van der Waals surface area contributed by atoms with Gasteiger partial charge in [0.25, 0.3) is 5.56 Å². The third-order valence-electron chi connectivity index (χ3n) is 5.06. The molecule has 2 aromatic heterocycles. The second kappa shape index (κ2) is 6.77. The zero-order valence-electron chi connectivity index (χ0n) is 14.3. The van der Waals surface area contributed by atoms with Gasteiger partial charge in [0.2, 0.25) is 5.91 Å². The smallest absolute Gasteiger partial charge is 0.259 e. The van der Waals surface area contributed by atoms with Crippen LogP contribution in [0.5, 0.6) is 0 Å². The third kappa shape index (κ3) is 3.55. The Balaban J connectivity index is 1.44. The summed E-state index contributed by atoms with van der Waals surface area (Å²) in [6, 6.07) is -0.300. The summed E-state index contributed by atoms with van der Waals surface area (Å²) in [7, 11) is -3.01. The molecule has 1 aliphatic heterocycles. The lowest BCUT2D eigenvalue weighted by Crippen LogP contribution is -2.35. The van der Waals surface area contributed by atoms with Gasteiger partial charge in [0, 0.05) is 23.8 Å². The Kier molecular flexibility index (Phi) is 4.60. The molecule has 1 unspecified atom stereocenters. The van der Waals surface area contributed by atoms with Gasteiger partial charge in [-0.2, -0.15) is 0 Å². The van der Waals surface area contributed by atoms with Crippen LogP contribution in [0.1, 0.15) is 41.9 Å². The number of amides is 1. The average molecular weight is 396 g/mol. The average Bonchev–Trinajstić information content (AvgIpc) is 3.12. The number of aromatic nitrogens is 2. The minimum atomic E-state index is -3.01. The fourth-order valence-electron chi connectivity index (χ4n) is 3.77. The third-order valence-corrected chi connectivity index (χ3v) is 8.01. The summed E-state index contributed by atoms with van der Waals surface area (Å²) in [5.74, 6) is 0.447. The molecule has 4 rings (SSSR count). The van der Waals surface area contributed by atoms with Crippen LogP contribution in [0.15, 0.2) is 4.79 Å². The van der Waals surface area contributed by atoms with Gasteiger partial charge in [-0.3, -0.25) is 9.59 Å². The SMILES string of the molecule is O=C(CCc1nc2sc3c(c2c(=O)[nH]1)CCCC3)NC1CCS(=O)(=O)C1. The highest BCUT2D eigenvalue weighted by molar-refractivity contribution is 7.91. The first kappa shape index (κ1) is 17.7. The van der Waals surface area contributed by atoms with E-state index in [2.05, 4.69) is 15.3 Å². The van der Waals surface area contributed by atoms with Crippen molar-refractivity contribution in [1.82, 2.24) is 15.3 Å². The van der Waals surface area contributed by atoms with Crippen molar-refractivity contribution in [3.8, 4) is 0 Å². The molecule has 0 spiro atoms. The number of aryl methyl sites for hydroxylation is 3. The molecule has 0 bridgehead atoms. The second-order valence-corrected chi connectivity index (χ2v) is 10.4. The molecule has 26 heavy (non-hydrogen) atoms. The van der Waals surface area contributed by atoms with Crippen LogP contribution in [0.2, 0.25) is 0 Å². The first-order valence-electron chi connectivity index (χ1n) is 8.94. The Bertz CT molecular complexity index is 1020. The number of sulfone groups is 1. The van der Waals surface area contributed by atoms with Gasteiger partial charge in [-0.15, -0.1) is 11.3 Å². The Morgan fingerprint density at radius 1 is 1.31 bits per heavy atom. The van der Waals surface area contributed by atoms with Crippen molar-refractivity contribution in [3.63, 3.8) is 0 Å². The van der Waals surface area contributed by atoms with Crippen molar-refractivity contribution in [2.75, 3.05) is 11.5 Å². The quantitative estimate of drug-likeness (QED) is 0.806. The zero-order chi connectivity index (χ0) is 18.3. The van der Waals surface area contributed by atoms with Gasteiger partial charge in [0.05, 0.1) is 16.9 Å². The van der Waals surface area contributed by atoms with Crippen molar-refractivity contribution in [1.29, 1.82) is 0 Å². The molecule has 1 fully saturated rings. The van der Waals surface area contributed by atoms with Gasteiger partial charge in [0.15, 0.2) is 9.84 Å². The van der Waals surface area contributed by atoms with Crippen LogP contribution in [-0.2, 0) is 33.9 Å². The van der Waals surface area contributed by atoms with E-state index in [-0.39, 0.29) is 35.4 Å². The molecule has 2 aromatic rings. The molecular weight excluding hydrogens is 374 g/mol. The standard InChI is InChI=1S/C17H21N3O4S2/c21-14(18-10-7-8-26(23,24)9-10)6-5-13-19-16(22)15-11-3-1-2-4-12(11)25-17(15)20-13/h10H,1-9H2,(H,18,21)(H,19,20,22). The molecule has 1 saturated heterocycles. The summed E-state index contributed by atoms with van der Waals surface area (Å²) in [6.07, 6.45) is 5.19. The fraction of sp³-hybridized carbons (Fsp3) is 0.588. The molecule has 0 radical (unpaired) electrons. The Hall–Kier alpha value is -1.74. The predicted molar refractivity (Wildman–Crippen MR) is 100 cm³/mol. The zero-order valence-corrected chi connectivity index (χ0v) is 16.0. The summed E-state index contributed by atoms with van der Waals surface area (Å²) >= 11 is 1.59. The highest BCUT2D eigenvalue weighted by Crippen LogP contribution is 2.33. The van der Waals surface area contributed by atoms with E-state index in [1.807, 2.05) is 0 Å². The van der Waals surface area contributed by atoms with Crippen LogP contribution < -0.4 is 10.9 Å². The highest BCUT2D eigenvalue weighted by atomic mass is 32.2. The van der Waals surface area contributed by atoms with Crippen LogP contribution in [0.25, 0.3) is 10.2 Å². The minimum Gasteiger partial charge on any atom is -0.352 e. The summed E-state index contributed by atoms with van der Waals surface area (Å²) in [6.45, 7) is 0. The van der Waals surface area contributed by atoms with E-state index in [0.717, 1.165) is 36.1 Å². The van der Waals surface area contributed by atoms with Crippen LogP contribution >= 0.6 is 11.3 Å². The molecule has 0 saturated carbocycles. The monoisotopic (exact) mass is 395 g/mol. The number of hydrogen-bond acceptors (Lipinski definition) is 6. The van der Waals surface area contributed by atoms with E-state index < -0.39 is 9.84 Å².